The van der Waals surface area contributed by atoms with Crippen LogP contribution in [0, 0.1) is 11.8 Å². The molecular formula is C9H7ClN2O. The van der Waals surface area contributed by atoms with Gasteiger partial charge in [-0.25, -0.2) is 0 Å². The molecule has 0 aliphatic heterocycles. The number of halogens is 1. The van der Waals surface area contributed by atoms with Crippen molar-refractivity contribution in [3.8, 4) is 11.8 Å². The molecule has 0 aliphatic carbocycles. The van der Waals surface area contributed by atoms with Crippen molar-refractivity contribution in [2.45, 2.75) is 0 Å². The largest absolute Gasteiger partial charge is 0.398 e. The molecule has 0 spiro atoms. The van der Waals surface area contributed by atoms with Gasteiger partial charge >= 0.3 is 0 Å². The molecule has 0 radical (unpaired) electrons. The Balaban J connectivity index is 3.00. The standard InChI is InChI=1S/C9H7ClN2O/c10-7-5-6(1-3-8(7)11)2-4-9(12)13/h1,3,5H,11H2,(H2,12,13). The second-order valence-electron chi connectivity index (χ2n) is 2.35. The van der Waals surface area contributed by atoms with Gasteiger partial charge in [0.05, 0.1) is 10.7 Å². The third-order valence-corrected chi connectivity index (χ3v) is 1.66. The minimum Gasteiger partial charge on any atom is -0.398 e. The van der Waals surface area contributed by atoms with Crippen LogP contribution in [0.15, 0.2) is 18.2 Å². The molecule has 0 fully saturated rings. The number of anilines is 1. The van der Waals surface area contributed by atoms with Gasteiger partial charge in [0.1, 0.15) is 0 Å². The molecule has 1 amide bonds. The van der Waals surface area contributed by atoms with Crippen molar-refractivity contribution in [2.24, 2.45) is 5.73 Å². The van der Waals surface area contributed by atoms with Gasteiger partial charge in [0.15, 0.2) is 0 Å². The lowest BCUT2D eigenvalue weighted by Gasteiger charge is -1.96. The topological polar surface area (TPSA) is 69.1 Å². The van der Waals surface area contributed by atoms with Crippen LogP contribution in [0.3, 0.4) is 0 Å². The zero-order valence-electron chi connectivity index (χ0n) is 6.67. The molecule has 4 heteroatoms. The van der Waals surface area contributed by atoms with Crippen molar-refractivity contribution >= 4 is 23.2 Å². The van der Waals surface area contributed by atoms with Crippen LogP contribution in [0.1, 0.15) is 5.56 Å². The van der Waals surface area contributed by atoms with E-state index < -0.39 is 5.91 Å². The lowest BCUT2D eigenvalue weighted by molar-refractivity contribution is -0.112. The fraction of sp³-hybridized carbons (Fsp3) is 0. The molecule has 0 bridgehead atoms. The molecule has 1 aromatic carbocycles. The minimum atomic E-state index is -0.673. The highest BCUT2D eigenvalue weighted by Crippen LogP contribution is 2.18. The predicted octanol–water partition coefficient (Wildman–Crippen LogP) is 0.759. The van der Waals surface area contributed by atoms with Crippen LogP contribution in [-0.4, -0.2) is 5.91 Å². The van der Waals surface area contributed by atoms with E-state index in [9.17, 15) is 4.79 Å². The molecule has 3 nitrogen and oxygen atoms in total. The number of amides is 1. The van der Waals surface area contributed by atoms with E-state index in [4.69, 9.17) is 23.1 Å². The van der Waals surface area contributed by atoms with Gasteiger partial charge in [-0.3, -0.25) is 4.79 Å². The van der Waals surface area contributed by atoms with Crippen LogP contribution in [0.2, 0.25) is 5.02 Å². The Morgan fingerprint density at radius 3 is 2.69 bits per heavy atom. The molecule has 0 aliphatic rings. The van der Waals surface area contributed by atoms with Gasteiger partial charge < -0.3 is 11.5 Å². The summed E-state index contributed by atoms with van der Waals surface area (Å²) in [6.45, 7) is 0. The van der Waals surface area contributed by atoms with E-state index in [1.165, 1.54) is 0 Å². The van der Waals surface area contributed by atoms with E-state index in [2.05, 4.69) is 11.8 Å². The first-order valence-corrected chi connectivity index (χ1v) is 3.84. The molecule has 0 aromatic heterocycles. The van der Waals surface area contributed by atoms with E-state index in [1.807, 2.05) is 0 Å². The molecule has 0 saturated carbocycles. The summed E-state index contributed by atoms with van der Waals surface area (Å²) in [5.41, 5.74) is 11.4. The summed E-state index contributed by atoms with van der Waals surface area (Å²) in [5, 5.41) is 0.413. The highest BCUT2D eigenvalue weighted by molar-refractivity contribution is 6.33. The Morgan fingerprint density at radius 2 is 2.15 bits per heavy atom. The zero-order chi connectivity index (χ0) is 9.84. The Labute approximate surface area is 80.7 Å². The van der Waals surface area contributed by atoms with E-state index in [-0.39, 0.29) is 0 Å². The predicted molar refractivity (Wildman–Crippen MR) is 51.9 cm³/mol. The highest BCUT2D eigenvalue weighted by atomic mass is 35.5. The first kappa shape index (κ1) is 9.43. The van der Waals surface area contributed by atoms with Crippen molar-refractivity contribution in [1.82, 2.24) is 0 Å². The van der Waals surface area contributed by atoms with Gasteiger partial charge in [-0.1, -0.05) is 17.5 Å². The summed E-state index contributed by atoms with van der Waals surface area (Å²) in [6, 6.07) is 4.86. The second-order valence-corrected chi connectivity index (χ2v) is 2.76. The van der Waals surface area contributed by atoms with Gasteiger partial charge in [-0.05, 0) is 24.1 Å². The second kappa shape index (κ2) is 3.83. The fourth-order valence-electron chi connectivity index (χ4n) is 0.739. The van der Waals surface area contributed by atoms with Crippen LogP contribution in [-0.2, 0) is 4.79 Å². The Kier molecular flexibility index (Phi) is 2.78. The molecule has 0 unspecified atom stereocenters. The van der Waals surface area contributed by atoms with E-state index >= 15 is 0 Å². The number of hydrogen-bond acceptors (Lipinski definition) is 2. The summed E-state index contributed by atoms with van der Waals surface area (Å²) < 4.78 is 0. The number of hydrogen-bond donors (Lipinski definition) is 2. The van der Waals surface area contributed by atoms with Crippen molar-refractivity contribution in [3.05, 3.63) is 28.8 Å². The van der Waals surface area contributed by atoms with Crippen molar-refractivity contribution in [3.63, 3.8) is 0 Å². The van der Waals surface area contributed by atoms with Crippen LogP contribution in [0.5, 0.6) is 0 Å². The van der Waals surface area contributed by atoms with Crippen molar-refractivity contribution < 1.29 is 4.79 Å². The summed E-state index contributed by atoms with van der Waals surface area (Å²) >= 11 is 5.72. The molecule has 13 heavy (non-hydrogen) atoms. The lowest BCUT2D eigenvalue weighted by Crippen LogP contribution is -2.06. The summed E-state index contributed by atoms with van der Waals surface area (Å²) in [5.74, 6) is 4.07. The number of nitrogen functional groups attached to an aromatic ring is 1. The molecular weight excluding hydrogens is 188 g/mol. The molecule has 66 valence electrons. The van der Waals surface area contributed by atoms with Crippen molar-refractivity contribution in [2.75, 3.05) is 5.73 Å². The van der Waals surface area contributed by atoms with E-state index in [0.29, 0.717) is 16.3 Å². The molecule has 4 N–H and O–H groups in total. The molecule has 1 aromatic rings. The molecule has 1 rings (SSSR count). The summed E-state index contributed by atoms with van der Waals surface area (Å²) in [6.07, 6.45) is 0. The SMILES string of the molecule is NC(=O)C#Cc1ccc(N)c(Cl)c1. The summed E-state index contributed by atoms with van der Waals surface area (Å²) in [4.78, 5) is 10.3. The number of benzene rings is 1. The monoisotopic (exact) mass is 194 g/mol. The molecule has 0 heterocycles. The number of carbonyl (C=O) groups excluding carboxylic acids is 1. The first-order valence-electron chi connectivity index (χ1n) is 3.46. The Hall–Kier alpha value is -1.66. The Morgan fingerprint density at radius 1 is 1.46 bits per heavy atom. The maximum atomic E-state index is 10.3. The van der Waals surface area contributed by atoms with Crippen LogP contribution in [0.25, 0.3) is 0 Å². The van der Waals surface area contributed by atoms with Gasteiger partial charge in [0, 0.05) is 5.56 Å². The van der Waals surface area contributed by atoms with Crippen LogP contribution < -0.4 is 11.5 Å². The van der Waals surface area contributed by atoms with Crippen LogP contribution in [0.4, 0.5) is 5.69 Å². The first-order chi connectivity index (χ1) is 6.09. The maximum absolute atomic E-state index is 10.3. The number of carbonyl (C=O) groups is 1. The molecule has 0 atom stereocenters. The van der Waals surface area contributed by atoms with Gasteiger partial charge in [-0.15, -0.1) is 0 Å². The normalized spacial score (nSPS) is 8.69. The summed E-state index contributed by atoms with van der Waals surface area (Å²) in [7, 11) is 0. The smallest absolute Gasteiger partial charge is 0.293 e. The zero-order valence-corrected chi connectivity index (χ0v) is 7.43. The lowest BCUT2D eigenvalue weighted by atomic mass is 10.2. The molecule has 0 saturated heterocycles. The number of nitrogens with two attached hydrogens (primary N) is 2. The average Bonchev–Trinajstić information content (AvgIpc) is 2.07. The van der Waals surface area contributed by atoms with Gasteiger partial charge in [0.25, 0.3) is 5.91 Å². The third-order valence-electron chi connectivity index (χ3n) is 1.33. The maximum Gasteiger partial charge on any atom is 0.293 e. The third kappa shape index (κ3) is 2.69. The number of rotatable bonds is 0. The van der Waals surface area contributed by atoms with Crippen LogP contribution >= 0.6 is 11.6 Å². The Bertz CT molecular complexity index is 404. The number of primary amides is 1. The highest BCUT2D eigenvalue weighted by Gasteiger charge is 1.95. The van der Waals surface area contributed by atoms with Gasteiger partial charge in [-0.2, -0.15) is 0 Å². The van der Waals surface area contributed by atoms with E-state index in [1.54, 1.807) is 18.2 Å². The van der Waals surface area contributed by atoms with Crippen molar-refractivity contribution in [1.29, 1.82) is 0 Å². The average molecular weight is 195 g/mol. The minimum absolute atomic E-state index is 0.413. The quantitative estimate of drug-likeness (QED) is 0.473. The van der Waals surface area contributed by atoms with E-state index in [0.717, 1.165) is 0 Å². The fourth-order valence-corrected chi connectivity index (χ4v) is 0.919. The van der Waals surface area contributed by atoms with Gasteiger partial charge in [0.2, 0.25) is 0 Å².